The highest BCUT2D eigenvalue weighted by Crippen LogP contribution is 2.28. The zero-order chi connectivity index (χ0) is 15.6. The minimum Gasteiger partial charge on any atom is -0.326 e. The van der Waals surface area contributed by atoms with E-state index in [4.69, 9.17) is 5.73 Å². The minimum atomic E-state index is -3.59. The molecule has 1 aromatic carbocycles. The van der Waals surface area contributed by atoms with Crippen LogP contribution in [0.15, 0.2) is 17.0 Å². The second-order valence-corrected chi connectivity index (χ2v) is 7.90. The highest BCUT2D eigenvalue weighted by molar-refractivity contribution is 7.89. The van der Waals surface area contributed by atoms with Crippen molar-refractivity contribution in [3.05, 3.63) is 29.1 Å². The quantitative estimate of drug-likeness (QED) is 0.907. The molecule has 1 aliphatic rings. The largest absolute Gasteiger partial charge is 0.326 e. The van der Waals surface area contributed by atoms with E-state index in [1.165, 1.54) is 29.3 Å². The molecule has 1 fully saturated rings. The number of halogens is 1. The molecule has 0 atom stereocenters. The molecule has 0 unspecified atom stereocenters. The third-order valence-corrected chi connectivity index (χ3v) is 6.02. The van der Waals surface area contributed by atoms with E-state index in [1.54, 1.807) is 14.0 Å². The lowest BCUT2D eigenvalue weighted by Crippen LogP contribution is -2.31. The monoisotopic (exact) mass is 314 g/mol. The lowest BCUT2D eigenvalue weighted by Gasteiger charge is -2.21. The Balaban J connectivity index is 2.27. The summed E-state index contributed by atoms with van der Waals surface area (Å²) in [6.45, 7) is 2.07. The van der Waals surface area contributed by atoms with Gasteiger partial charge in [0.25, 0.3) is 0 Å². The highest BCUT2D eigenvalue weighted by Gasteiger charge is 2.26. The summed E-state index contributed by atoms with van der Waals surface area (Å²) < 4.78 is 40.4. The molecule has 0 aliphatic heterocycles. The predicted molar refractivity (Wildman–Crippen MR) is 80.8 cm³/mol. The lowest BCUT2D eigenvalue weighted by atomic mass is 10.1. The van der Waals surface area contributed by atoms with E-state index in [1.807, 2.05) is 0 Å². The summed E-state index contributed by atoms with van der Waals surface area (Å²) in [6.07, 6.45) is 4.50. The van der Waals surface area contributed by atoms with Crippen molar-refractivity contribution in [1.29, 1.82) is 0 Å². The van der Waals surface area contributed by atoms with Gasteiger partial charge < -0.3 is 5.73 Å². The smallest absolute Gasteiger partial charge is 0.242 e. The first-order valence-corrected chi connectivity index (χ1v) is 8.75. The van der Waals surface area contributed by atoms with Crippen LogP contribution in [0.25, 0.3) is 0 Å². The first-order valence-electron chi connectivity index (χ1n) is 7.31. The Morgan fingerprint density at radius 1 is 1.33 bits per heavy atom. The molecule has 1 aromatic rings. The molecule has 0 aromatic heterocycles. The van der Waals surface area contributed by atoms with Crippen molar-refractivity contribution < 1.29 is 12.8 Å². The molecular formula is C15H23FN2O2S. The average molecular weight is 314 g/mol. The normalized spacial score (nSPS) is 16.8. The minimum absolute atomic E-state index is 0.0115. The van der Waals surface area contributed by atoms with Gasteiger partial charge in [-0.2, -0.15) is 0 Å². The zero-order valence-electron chi connectivity index (χ0n) is 12.6. The number of benzene rings is 1. The maximum Gasteiger partial charge on any atom is 0.242 e. The number of nitrogens with two attached hydrogens (primary N) is 1. The molecule has 0 bridgehead atoms. The maximum absolute atomic E-state index is 13.8. The number of aryl methyl sites for hydroxylation is 1. The standard InChI is InChI=1S/C15H23FN2O2S/c1-11-7-14(8-13(9-17)15(11)16)21(19,20)18(2)10-12-5-3-4-6-12/h7-8,12H,3-6,9-10,17H2,1-2H3. The molecule has 118 valence electrons. The Kier molecular flexibility index (Phi) is 5.01. The number of sulfonamides is 1. The van der Waals surface area contributed by atoms with Gasteiger partial charge in [0.1, 0.15) is 5.82 Å². The molecule has 4 nitrogen and oxygen atoms in total. The maximum atomic E-state index is 13.8. The molecule has 0 saturated heterocycles. The van der Waals surface area contributed by atoms with Gasteiger partial charge in [-0.15, -0.1) is 0 Å². The molecule has 1 saturated carbocycles. The molecule has 0 amide bonds. The van der Waals surface area contributed by atoms with Crippen LogP contribution in [0.2, 0.25) is 0 Å². The summed E-state index contributed by atoms with van der Waals surface area (Å²) in [7, 11) is -2.00. The van der Waals surface area contributed by atoms with E-state index in [9.17, 15) is 12.8 Å². The second kappa shape index (κ2) is 6.42. The predicted octanol–water partition coefficient (Wildman–Crippen LogP) is 2.40. The summed E-state index contributed by atoms with van der Waals surface area (Å²) in [4.78, 5) is 0.127. The fraction of sp³-hybridized carbons (Fsp3) is 0.600. The van der Waals surface area contributed by atoms with Gasteiger partial charge in [-0.1, -0.05) is 12.8 Å². The number of rotatable bonds is 5. The van der Waals surface area contributed by atoms with Crippen LogP contribution in [0.4, 0.5) is 4.39 Å². The molecule has 2 N–H and O–H groups in total. The lowest BCUT2D eigenvalue weighted by molar-refractivity contribution is 0.387. The van der Waals surface area contributed by atoms with Crippen LogP contribution in [0.3, 0.4) is 0 Å². The summed E-state index contributed by atoms with van der Waals surface area (Å²) in [5, 5.41) is 0. The van der Waals surface area contributed by atoms with Crippen molar-refractivity contribution in [1.82, 2.24) is 4.31 Å². The molecule has 2 rings (SSSR count). The van der Waals surface area contributed by atoms with Crippen LogP contribution in [-0.4, -0.2) is 26.3 Å². The Hall–Kier alpha value is -0.980. The van der Waals surface area contributed by atoms with Crippen LogP contribution < -0.4 is 5.73 Å². The van der Waals surface area contributed by atoms with Crippen LogP contribution in [0, 0.1) is 18.7 Å². The molecule has 21 heavy (non-hydrogen) atoms. The second-order valence-electron chi connectivity index (χ2n) is 5.85. The Labute approximate surface area is 126 Å². The van der Waals surface area contributed by atoms with Crippen molar-refractivity contribution in [3.8, 4) is 0 Å². The van der Waals surface area contributed by atoms with E-state index in [-0.39, 0.29) is 17.0 Å². The fourth-order valence-corrected chi connectivity index (χ4v) is 4.32. The summed E-state index contributed by atoms with van der Waals surface area (Å²) in [5.41, 5.74) is 6.04. The highest BCUT2D eigenvalue weighted by atomic mass is 32.2. The van der Waals surface area contributed by atoms with Gasteiger partial charge in [-0.25, -0.2) is 17.1 Å². The van der Waals surface area contributed by atoms with E-state index in [0.717, 1.165) is 12.8 Å². The molecule has 0 spiro atoms. The first kappa shape index (κ1) is 16.4. The molecular weight excluding hydrogens is 291 g/mol. The molecule has 1 aliphatic carbocycles. The van der Waals surface area contributed by atoms with Crippen molar-refractivity contribution in [2.45, 2.75) is 44.0 Å². The van der Waals surface area contributed by atoms with Crippen molar-refractivity contribution >= 4 is 10.0 Å². The number of nitrogens with zero attached hydrogens (tertiary/aromatic N) is 1. The van der Waals surface area contributed by atoms with E-state index in [2.05, 4.69) is 0 Å². The summed E-state index contributed by atoms with van der Waals surface area (Å²) in [6, 6.07) is 2.73. The van der Waals surface area contributed by atoms with Gasteiger partial charge in [-0.05, 0) is 43.4 Å². The molecule has 6 heteroatoms. The van der Waals surface area contributed by atoms with Gasteiger partial charge in [0.2, 0.25) is 10.0 Å². The molecule has 0 radical (unpaired) electrons. The van der Waals surface area contributed by atoms with Gasteiger partial charge in [0.05, 0.1) is 4.90 Å². The molecule has 0 heterocycles. The SMILES string of the molecule is Cc1cc(S(=O)(=O)N(C)CC2CCCC2)cc(CN)c1F. The van der Waals surface area contributed by atoms with Crippen LogP contribution in [-0.2, 0) is 16.6 Å². The number of hydrogen-bond donors (Lipinski definition) is 1. The zero-order valence-corrected chi connectivity index (χ0v) is 13.4. The summed E-state index contributed by atoms with van der Waals surface area (Å²) >= 11 is 0. The Bertz CT molecular complexity index is 610. The van der Waals surface area contributed by atoms with E-state index in [0.29, 0.717) is 18.0 Å². The third kappa shape index (κ3) is 3.44. The third-order valence-electron chi connectivity index (χ3n) is 4.22. The van der Waals surface area contributed by atoms with Crippen LogP contribution in [0.1, 0.15) is 36.8 Å². The average Bonchev–Trinajstić information content (AvgIpc) is 2.94. The van der Waals surface area contributed by atoms with Crippen molar-refractivity contribution in [2.24, 2.45) is 11.7 Å². The Morgan fingerprint density at radius 2 is 1.95 bits per heavy atom. The van der Waals surface area contributed by atoms with Gasteiger partial charge >= 0.3 is 0 Å². The van der Waals surface area contributed by atoms with Gasteiger partial charge in [-0.3, -0.25) is 0 Å². The van der Waals surface area contributed by atoms with Gasteiger partial charge in [0, 0.05) is 25.7 Å². The van der Waals surface area contributed by atoms with Crippen LogP contribution in [0.5, 0.6) is 0 Å². The number of hydrogen-bond acceptors (Lipinski definition) is 3. The Morgan fingerprint density at radius 3 is 2.52 bits per heavy atom. The fourth-order valence-electron chi connectivity index (χ4n) is 2.94. The van der Waals surface area contributed by atoms with E-state index < -0.39 is 15.8 Å². The summed E-state index contributed by atoms with van der Waals surface area (Å²) in [5.74, 6) is 0.00944. The topological polar surface area (TPSA) is 63.4 Å². The van der Waals surface area contributed by atoms with Crippen molar-refractivity contribution in [3.63, 3.8) is 0 Å². The van der Waals surface area contributed by atoms with Gasteiger partial charge in [0.15, 0.2) is 0 Å². The van der Waals surface area contributed by atoms with E-state index >= 15 is 0 Å². The van der Waals surface area contributed by atoms with Crippen molar-refractivity contribution in [2.75, 3.05) is 13.6 Å². The first-order chi connectivity index (χ1) is 9.86. The van der Waals surface area contributed by atoms with Crippen LogP contribution >= 0.6 is 0 Å².